The average Bonchev–Trinajstić information content (AvgIpc) is 2.65. The van der Waals surface area contributed by atoms with E-state index in [9.17, 15) is 9.59 Å². The number of nitrogens with zero attached hydrogens (tertiary/aromatic N) is 1. The molecule has 0 atom stereocenters. The van der Waals surface area contributed by atoms with E-state index in [1.165, 1.54) is 0 Å². The number of rotatable bonds is 7. The van der Waals surface area contributed by atoms with Gasteiger partial charge in [0.1, 0.15) is 0 Å². The average molecular weight is 383 g/mol. The molecule has 2 rings (SSSR count). The number of aliphatic imine (C=N–C) groups is 1. The standard InChI is InChI=1S/C15H21NO2.C8H8O2/c1-4-13(16-11(2)3)10-9-12-7-5-6-8-14(12)15(17)18;1-6-2-4-7(5-3-6)8(9)10/h5-8,11H,4,9-10H2,1-3H3,(H,17,18);2-5H,1H3,(H,9,10). The number of carboxylic acids is 2. The smallest absolute Gasteiger partial charge is 0.335 e. The van der Waals surface area contributed by atoms with Crippen LogP contribution in [0.25, 0.3) is 0 Å². The van der Waals surface area contributed by atoms with E-state index < -0.39 is 11.9 Å². The zero-order valence-corrected chi connectivity index (χ0v) is 17.0. The topological polar surface area (TPSA) is 87.0 Å². The lowest BCUT2D eigenvalue weighted by Gasteiger charge is -2.08. The fourth-order valence-corrected chi connectivity index (χ4v) is 2.62. The van der Waals surface area contributed by atoms with E-state index in [4.69, 9.17) is 10.2 Å². The summed E-state index contributed by atoms with van der Waals surface area (Å²) in [5.41, 5.74) is 3.85. The van der Waals surface area contributed by atoms with Crippen LogP contribution in [0.5, 0.6) is 0 Å². The van der Waals surface area contributed by atoms with Crippen LogP contribution in [0.4, 0.5) is 0 Å². The van der Waals surface area contributed by atoms with E-state index in [0.29, 0.717) is 17.2 Å². The third-order valence-electron chi connectivity index (χ3n) is 4.08. The summed E-state index contributed by atoms with van der Waals surface area (Å²) in [7, 11) is 0. The van der Waals surface area contributed by atoms with Crippen molar-refractivity contribution in [2.75, 3.05) is 0 Å². The minimum absolute atomic E-state index is 0.301. The minimum Gasteiger partial charge on any atom is -0.478 e. The van der Waals surface area contributed by atoms with Crippen LogP contribution in [0, 0.1) is 6.92 Å². The van der Waals surface area contributed by atoms with Crippen LogP contribution in [-0.2, 0) is 6.42 Å². The first-order valence-electron chi connectivity index (χ1n) is 9.41. The molecule has 5 nitrogen and oxygen atoms in total. The molecule has 0 saturated carbocycles. The van der Waals surface area contributed by atoms with Crippen molar-refractivity contribution in [3.05, 3.63) is 70.8 Å². The molecule has 0 aromatic heterocycles. The summed E-state index contributed by atoms with van der Waals surface area (Å²) in [6.45, 7) is 8.12. The number of hydrogen-bond acceptors (Lipinski definition) is 3. The first-order valence-corrected chi connectivity index (χ1v) is 9.41. The summed E-state index contributed by atoms with van der Waals surface area (Å²) >= 11 is 0. The van der Waals surface area contributed by atoms with Crippen molar-refractivity contribution < 1.29 is 19.8 Å². The normalized spacial score (nSPS) is 11.0. The van der Waals surface area contributed by atoms with Crippen molar-refractivity contribution in [2.45, 2.75) is 53.0 Å². The third kappa shape index (κ3) is 8.16. The summed E-state index contributed by atoms with van der Waals surface area (Å²) in [6.07, 6.45) is 2.49. The molecule has 150 valence electrons. The van der Waals surface area contributed by atoms with Crippen molar-refractivity contribution in [2.24, 2.45) is 4.99 Å². The largest absolute Gasteiger partial charge is 0.478 e. The Morgan fingerprint density at radius 3 is 2.07 bits per heavy atom. The van der Waals surface area contributed by atoms with Gasteiger partial charge in [0.25, 0.3) is 0 Å². The van der Waals surface area contributed by atoms with Crippen molar-refractivity contribution in [3.63, 3.8) is 0 Å². The summed E-state index contributed by atoms with van der Waals surface area (Å²) in [6, 6.07) is 14.2. The van der Waals surface area contributed by atoms with Crippen molar-refractivity contribution in [3.8, 4) is 0 Å². The van der Waals surface area contributed by atoms with Gasteiger partial charge in [0.2, 0.25) is 0 Å². The van der Waals surface area contributed by atoms with Gasteiger partial charge in [-0.25, -0.2) is 9.59 Å². The van der Waals surface area contributed by atoms with Gasteiger partial charge < -0.3 is 10.2 Å². The van der Waals surface area contributed by atoms with Crippen molar-refractivity contribution in [1.82, 2.24) is 0 Å². The van der Waals surface area contributed by atoms with Gasteiger partial charge in [-0.05, 0) is 63.8 Å². The molecule has 5 heteroatoms. The lowest BCUT2D eigenvalue weighted by atomic mass is 10.0. The summed E-state index contributed by atoms with van der Waals surface area (Å²) < 4.78 is 0. The van der Waals surface area contributed by atoms with E-state index in [0.717, 1.165) is 36.1 Å². The monoisotopic (exact) mass is 383 g/mol. The van der Waals surface area contributed by atoms with E-state index in [1.807, 2.05) is 19.1 Å². The lowest BCUT2D eigenvalue weighted by Crippen LogP contribution is -2.07. The molecule has 2 N–H and O–H groups in total. The predicted octanol–water partition coefficient (Wildman–Crippen LogP) is 5.27. The van der Waals surface area contributed by atoms with Gasteiger partial charge in [0.15, 0.2) is 0 Å². The third-order valence-corrected chi connectivity index (χ3v) is 4.08. The second-order valence-electron chi connectivity index (χ2n) is 6.78. The molecule has 0 amide bonds. The Bertz CT molecular complexity index is 808. The maximum atomic E-state index is 11.1. The van der Waals surface area contributed by atoms with Crippen molar-refractivity contribution in [1.29, 1.82) is 0 Å². The molecule has 0 fully saturated rings. The fraction of sp³-hybridized carbons (Fsp3) is 0.348. The van der Waals surface area contributed by atoms with Gasteiger partial charge in [-0.2, -0.15) is 0 Å². The number of carbonyl (C=O) groups is 2. The first kappa shape index (κ1) is 23.1. The second-order valence-corrected chi connectivity index (χ2v) is 6.78. The zero-order chi connectivity index (χ0) is 21.1. The van der Waals surface area contributed by atoms with Crippen molar-refractivity contribution >= 4 is 17.7 Å². The Kier molecular flexibility index (Phi) is 9.65. The van der Waals surface area contributed by atoms with Gasteiger partial charge in [-0.1, -0.05) is 42.8 Å². The highest BCUT2D eigenvalue weighted by Gasteiger charge is 2.09. The lowest BCUT2D eigenvalue weighted by molar-refractivity contribution is 0.0685. The van der Waals surface area contributed by atoms with Crippen LogP contribution in [0.15, 0.2) is 53.5 Å². The molecule has 0 radical (unpaired) electrons. The highest BCUT2D eigenvalue weighted by molar-refractivity contribution is 5.90. The van der Waals surface area contributed by atoms with Crippen LogP contribution in [0.1, 0.15) is 65.5 Å². The molecule has 0 aliphatic rings. The molecule has 2 aromatic carbocycles. The molecule has 2 aromatic rings. The minimum atomic E-state index is -0.875. The number of hydrogen-bond donors (Lipinski definition) is 2. The maximum Gasteiger partial charge on any atom is 0.335 e. The van der Waals surface area contributed by atoms with Gasteiger partial charge in [0.05, 0.1) is 11.1 Å². The molecule has 0 aliphatic carbocycles. The Morgan fingerprint density at radius 1 is 0.964 bits per heavy atom. The Balaban J connectivity index is 0.000000330. The van der Waals surface area contributed by atoms with Crippen LogP contribution in [-0.4, -0.2) is 33.9 Å². The molecule has 0 aliphatic heterocycles. The van der Waals surface area contributed by atoms with Gasteiger partial charge in [-0.15, -0.1) is 0 Å². The summed E-state index contributed by atoms with van der Waals surface area (Å²) in [5.74, 6) is -1.73. The quantitative estimate of drug-likeness (QED) is 0.638. The van der Waals surface area contributed by atoms with E-state index in [2.05, 4.69) is 25.8 Å². The number of aryl methyl sites for hydroxylation is 2. The summed E-state index contributed by atoms with van der Waals surface area (Å²) in [5, 5.41) is 17.6. The SMILES string of the molecule is CCC(CCc1ccccc1C(=O)O)=NC(C)C.Cc1ccc(C(=O)O)cc1. The molecule has 0 saturated heterocycles. The van der Waals surface area contributed by atoms with Crippen LogP contribution < -0.4 is 0 Å². The van der Waals surface area contributed by atoms with Crippen LogP contribution >= 0.6 is 0 Å². The Labute approximate surface area is 166 Å². The molecule has 0 unspecified atom stereocenters. The Hall–Kier alpha value is -2.95. The predicted molar refractivity (Wildman–Crippen MR) is 113 cm³/mol. The number of carboxylic acid groups (broad SMARTS) is 2. The first-order chi connectivity index (χ1) is 13.2. The molecular formula is C23H29NO4. The highest BCUT2D eigenvalue weighted by atomic mass is 16.4. The van der Waals surface area contributed by atoms with E-state index in [1.54, 1.807) is 36.4 Å². The second kappa shape index (κ2) is 11.7. The highest BCUT2D eigenvalue weighted by Crippen LogP contribution is 2.12. The van der Waals surface area contributed by atoms with E-state index >= 15 is 0 Å². The zero-order valence-electron chi connectivity index (χ0n) is 17.0. The number of benzene rings is 2. The van der Waals surface area contributed by atoms with Crippen LogP contribution in [0.2, 0.25) is 0 Å². The van der Waals surface area contributed by atoms with Gasteiger partial charge in [0, 0.05) is 11.8 Å². The molecule has 0 heterocycles. The maximum absolute atomic E-state index is 11.1. The molecule has 0 bridgehead atoms. The Morgan fingerprint density at radius 2 is 1.57 bits per heavy atom. The molecule has 0 spiro atoms. The van der Waals surface area contributed by atoms with Gasteiger partial charge in [-0.3, -0.25) is 4.99 Å². The van der Waals surface area contributed by atoms with E-state index in [-0.39, 0.29) is 0 Å². The summed E-state index contributed by atoms with van der Waals surface area (Å²) in [4.78, 5) is 25.9. The fourth-order valence-electron chi connectivity index (χ4n) is 2.62. The molecule has 28 heavy (non-hydrogen) atoms. The molecular weight excluding hydrogens is 354 g/mol. The number of aromatic carboxylic acids is 2. The van der Waals surface area contributed by atoms with Gasteiger partial charge >= 0.3 is 11.9 Å². The van der Waals surface area contributed by atoms with Crippen LogP contribution in [0.3, 0.4) is 0 Å².